The second kappa shape index (κ2) is 12.2. The van der Waals surface area contributed by atoms with Gasteiger partial charge in [-0.3, -0.25) is 4.90 Å². The van der Waals surface area contributed by atoms with Gasteiger partial charge >= 0.3 is 0 Å². The van der Waals surface area contributed by atoms with E-state index >= 15 is 0 Å². The molecule has 158 valence electrons. The van der Waals surface area contributed by atoms with E-state index in [1.54, 1.807) is 0 Å². The SMILES string of the molecule is CCNC(=NCc1ccc(CN2CCCCC2)cc1)NCC1(O)CCSC1.I. The van der Waals surface area contributed by atoms with E-state index in [0.717, 1.165) is 37.0 Å². The van der Waals surface area contributed by atoms with Gasteiger partial charge in [-0.15, -0.1) is 24.0 Å². The quantitative estimate of drug-likeness (QED) is 0.294. The van der Waals surface area contributed by atoms with Crippen molar-refractivity contribution in [1.82, 2.24) is 15.5 Å². The van der Waals surface area contributed by atoms with Crippen molar-refractivity contribution >= 4 is 41.7 Å². The van der Waals surface area contributed by atoms with Crippen LogP contribution >= 0.6 is 35.7 Å². The topological polar surface area (TPSA) is 59.9 Å². The van der Waals surface area contributed by atoms with E-state index in [9.17, 15) is 5.11 Å². The minimum Gasteiger partial charge on any atom is -0.387 e. The maximum Gasteiger partial charge on any atom is 0.191 e. The van der Waals surface area contributed by atoms with Crippen molar-refractivity contribution in [2.45, 2.75) is 51.3 Å². The highest BCUT2D eigenvalue weighted by Crippen LogP contribution is 2.26. The van der Waals surface area contributed by atoms with Crippen LogP contribution in [0, 0.1) is 0 Å². The van der Waals surface area contributed by atoms with Gasteiger partial charge in [0.05, 0.1) is 12.1 Å². The Kier molecular flexibility index (Phi) is 10.4. The molecule has 2 heterocycles. The molecule has 5 nitrogen and oxygen atoms in total. The maximum absolute atomic E-state index is 10.5. The van der Waals surface area contributed by atoms with Crippen molar-refractivity contribution < 1.29 is 5.11 Å². The first-order valence-electron chi connectivity index (χ1n) is 10.3. The van der Waals surface area contributed by atoms with Crippen LogP contribution < -0.4 is 10.6 Å². The number of thioether (sulfide) groups is 1. The van der Waals surface area contributed by atoms with Crippen LogP contribution in [0.3, 0.4) is 0 Å². The van der Waals surface area contributed by atoms with Crippen LogP contribution in [0.5, 0.6) is 0 Å². The Hall–Kier alpha value is -0.510. The van der Waals surface area contributed by atoms with Crippen molar-refractivity contribution in [3.05, 3.63) is 35.4 Å². The zero-order valence-corrected chi connectivity index (χ0v) is 20.1. The molecule has 1 unspecified atom stereocenters. The van der Waals surface area contributed by atoms with Gasteiger partial charge in [0.15, 0.2) is 5.96 Å². The van der Waals surface area contributed by atoms with E-state index in [1.807, 2.05) is 11.8 Å². The fourth-order valence-corrected chi connectivity index (χ4v) is 4.92. The Morgan fingerprint density at radius 2 is 1.86 bits per heavy atom. The maximum atomic E-state index is 10.5. The number of likely N-dealkylation sites (tertiary alicyclic amines) is 1. The number of aliphatic hydroxyl groups is 1. The number of guanidine groups is 1. The number of hydrogen-bond acceptors (Lipinski definition) is 4. The van der Waals surface area contributed by atoms with Crippen molar-refractivity contribution in [3.8, 4) is 0 Å². The standard InChI is InChI=1S/C21H34N4OS.HI/c1-2-22-20(24-16-21(26)10-13-27-17-21)23-14-18-6-8-19(9-7-18)15-25-11-4-3-5-12-25;/h6-9,26H,2-5,10-17H2,1H3,(H2,22,23,24);1H. The Morgan fingerprint density at radius 1 is 1.14 bits per heavy atom. The largest absolute Gasteiger partial charge is 0.387 e. The van der Waals surface area contributed by atoms with Gasteiger partial charge in [0.1, 0.15) is 0 Å². The zero-order chi connectivity index (χ0) is 19.0. The minimum absolute atomic E-state index is 0. The molecule has 0 aliphatic carbocycles. The predicted molar refractivity (Wildman–Crippen MR) is 131 cm³/mol. The second-order valence-corrected chi connectivity index (χ2v) is 8.83. The fraction of sp³-hybridized carbons (Fsp3) is 0.667. The summed E-state index contributed by atoms with van der Waals surface area (Å²) in [4.78, 5) is 7.24. The lowest BCUT2D eigenvalue weighted by atomic mass is 10.0. The molecule has 3 N–H and O–H groups in total. The summed E-state index contributed by atoms with van der Waals surface area (Å²) in [6.07, 6.45) is 4.90. The first-order chi connectivity index (χ1) is 13.2. The van der Waals surface area contributed by atoms with E-state index < -0.39 is 5.60 Å². The van der Waals surface area contributed by atoms with Gasteiger partial charge in [-0.05, 0) is 56.2 Å². The van der Waals surface area contributed by atoms with Gasteiger partial charge in [-0.25, -0.2) is 4.99 Å². The molecule has 7 heteroatoms. The molecule has 0 amide bonds. The van der Waals surface area contributed by atoms with Crippen LogP contribution in [0.4, 0.5) is 0 Å². The third kappa shape index (κ3) is 7.72. The first kappa shape index (κ1) is 23.8. The molecule has 0 spiro atoms. The number of benzene rings is 1. The Morgan fingerprint density at radius 3 is 2.50 bits per heavy atom. The summed E-state index contributed by atoms with van der Waals surface area (Å²) in [5.74, 6) is 2.62. The van der Waals surface area contributed by atoms with Gasteiger partial charge in [0.2, 0.25) is 0 Å². The average Bonchev–Trinajstić information content (AvgIpc) is 3.13. The number of rotatable bonds is 7. The normalized spacial score (nSPS) is 23.3. The smallest absolute Gasteiger partial charge is 0.191 e. The molecule has 0 radical (unpaired) electrons. The van der Waals surface area contributed by atoms with Crippen LogP contribution in [0.15, 0.2) is 29.3 Å². The lowest BCUT2D eigenvalue weighted by Gasteiger charge is -2.26. The highest BCUT2D eigenvalue weighted by molar-refractivity contribution is 14.0. The van der Waals surface area contributed by atoms with E-state index in [0.29, 0.717) is 13.1 Å². The highest BCUT2D eigenvalue weighted by atomic mass is 127. The van der Waals surface area contributed by atoms with Gasteiger partial charge < -0.3 is 15.7 Å². The minimum atomic E-state index is -0.600. The third-order valence-corrected chi connectivity index (χ3v) is 6.54. The summed E-state index contributed by atoms with van der Waals surface area (Å²) in [7, 11) is 0. The summed E-state index contributed by atoms with van der Waals surface area (Å²) < 4.78 is 0. The number of nitrogens with one attached hydrogen (secondary N) is 2. The van der Waals surface area contributed by atoms with E-state index in [1.165, 1.54) is 43.5 Å². The summed E-state index contributed by atoms with van der Waals surface area (Å²) in [6.45, 7) is 7.60. The van der Waals surface area contributed by atoms with E-state index in [-0.39, 0.29) is 24.0 Å². The van der Waals surface area contributed by atoms with Crippen molar-refractivity contribution in [1.29, 1.82) is 0 Å². The Bertz CT molecular complexity index is 599. The van der Waals surface area contributed by atoms with Crippen molar-refractivity contribution in [3.63, 3.8) is 0 Å². The molecule has 1 atom stereocenters. The molecule has 2 aliphatic heterocycles. The number of nitrogens with zero attached hydrogens (tertiary/aromatic N) is 2. The zero-order valence-electron chi connectivity index (χ0n) is 17.0. The van der Waals surface area contributed by atoms with E-state index in [2.05, 4.69) is 51.7 Å². The van der Waals surface area contributed by atoms with Gasteiger partial charge in [-0.1, -0.05) is 30.7 Å². The van der Waals surface area contributed by atoms with Crippen LogP contribution in [0.25, 0.3) is 0 Å². The molecule has 28 heavy (non-hydrogen) atoms. The lowest BCUT2D eigenvalue weighted by Crippen LogP contribution is -2.47. The number of hydrogen-bond donors (Lipinski definition) is 3. The van der Waals surface area contributed by atoms with Gasteiger partial charge in [0, 0.05) is 25.4 Å². The van der Waals surface area contributed by atoms with Gasteiger partial charge in [-0.2, -0.15) is 11.8 Å². The molecule has 0 saturated carbocycles. The molecule has 2 saturated heterocycles. The predicted octanol–water partition coefficient (Wildman–Crippen LogP) is 3.21. The van der Waals surface area contributed by atoms with Crippen LogP contribution in [-0.2, 0) is 13.1 Å². The van der Waals surface area contributed by atoms with Crippen LogP contribution in [0.1, 0.15) is 43.7 Å². The number of halogens is 1. The Balaban J connectivity index is 0.00000280. The molecule has 0 bridgehead atoms. The molecule has 1 aromatic carbocycles. The lowest BCUT2D eigenvalue weighted by molar-refractivity contribution is 0.0724. The summed E-state index contributed by atoms with van der Waals surface area (Å²) >= 11 is 1.82. The molecule has 2 aliphatic rings. The molecule has 3 rings (SSSR count). The Labute approximate surface area is 191 Å². The molecule has 2 fully saturated rings. The summed E-state index contributed by atoms with van der Waals surface area (Å²) in [5.41, 5.74) is 2.00. The molecular formula is C21H35IN4OS. The number of aliphatic imine (C=N–C) groups is 1. The fourth-order valence-electron chi connectivity index (χ4n) is 3.62. The van der Waals surface area contributed by atoms with Crippen molar-refractivity contribution in [2.75, 3.05) is 37.7 Å². The first-order valence-corrected chi connectivity index (χ1v) is 11.4. The van der Waals surface area contributed by atoms with Crippen LogP contribution in [-0.4, -0.2) is 59.3 Å². The van der Waals surface area contributed by atoms with Crippen LogP contribution in [0.2, 0.25) is 0 Å². The highest BCUT2D eigenvalue weighted by Gasteiger charge is 2.31. The third-order valence-electron chi connectivity index (χ3n) is 5.31. The summed E-state index contributed by atoms with van der Waals surface area (Å²) in [5, 5.41) is 17.1. The van der Waals surface area contributed by atoms with Gasteiger partial charge in [0.25, 0.3) is 0 Å². The molecule has 0 aromatic heterocycles. The summed E-state index contributed by atoms with van der Waals surface area (Å²) in [6, 6.07) is 8.84. The second-order valence-electron chi connectivity index (χ2n) is 7.73. The number of piperidine rings is 1. The monoisotopic (exact) mass is 518 g/mol. The molecular weight excluding hydrogens is 483 g/mol. The molecule has 1 aromatic rings. The van der Waals surface area contributed by atoms with E-state index in [4.69, 9.17) is 0 Å². The van der Waals surface area contributed by atoms with Crippen molar-refractivity contribution in [2.24, 2.45) is 4.99 Å². The average molecular weight is 519 g/mol.